The van der Waals surface area contributed by atoms with E-state index < -0.39 is 29.5 Å². The first kappa shape index (κ1) is 30.7. The van der Waals surface area contributed by atoms with Gasteiger partial charge in [0, 0.05) is 29.6 Å². The van der Waals surface area contributed by atoms with Gasteiger partial charge < -0.3 is 14.2 Å². The Labute approximate surface area is 238 Å². The van der Waals surface area contributed by atoms with Crippen molar-refractivity contribution < 1.29 is 37.8 Å². The Balaban J connectivity index is 1.70. The van der Waals surface area contributed by atoms with Crippen molar-refractivity contribution in [2.45, 2.75) is 27.2 Å². The van der Waals surface area contributed by atoms with Gasteiger partial charge in [0.05, 0.1) is 13.2 Å². The summed E-state index contributed by atoms with van der Waals surface area (Å²) >= 11 is 0. The normalized spacial score (nSPS) is 11.2. The SMILES string of the molecule is C=C(C)C(=O)OCC(COC(=O)C(C)=O)Cc1ccc(-c2ccc(-c3ccc(OC(=O)C(=C)C)cc3)c(F)c2)cc1. The van der Waals surface area contributed by atoms with Crippen LogP contribution in [-0.2, 0) is 35.1 Å². The molecule has 0 fully saturated rings. The van der Waals surface area contributed by atoms with Crippen molar-refractivity contribution in [2.75, 3.05) is 13.2 Å². The Hall–Kier alpha value is -4.85. The van der Waals surface area contributed by atoms with Crippen LogP contribution >= 0.6 is 0 Å². The Kier molecular flexibility index (Phi) is 10.5. The molecule has 0 N–H and O–H groups in total. The molecule has 0 saturated carbocycles. The Morgan fingerprint density at radius 3 is 1.78 bits per heavy atom. The standard InChI is InChI=1S/C33H31FO7/c1-20(2)31(36)39-18-24(19-40-33(38)22(5)35)16-23-6-8-25(9-7-23)27-12-15-29(30(34)17-27)26-10-13-28(14-11-26)41-32(37)21(3)4/h6-15,17,24H,1,3,16,18-19H2,2,4-5H3. The Morgan fingerprint density at radius 2 is 1.24 bits per heavy atom. The van der Waals surface area contributed by atoms with Crippen molar-refractivity contribution in [1.29, 1.82) is 0 Å². The molecule has 8 heteroatoms. The van der Waals surface area contributed by atoms with E-state index in [1.165, 1.54) is 13.0 Å². The van der Waals surface area contributed by atoms with E-state index in [-0.39, 0.29) is 30.3 Å². The molecule has 1 unspecified atom stereocenters. The molecule has 0 aliphatic carbocycles. The second-order valence-corrected chi connectivity index (χ2v) is 9.69. The molecule has 0 aliphatic heterocycles. The summed E-state index contributed by atoms with van der Waals surface area (Å²) in [5.41, 5.74) is 3.88. The van der Waals surface area contributed by atoms with Crippen LogP contribution in [0.2, 0.25) is 0 Å². The zero-order valence-electron chi connectivity index (χ0n) is 23.2. The van der Waals surface area contributed by atoms with E-state index in [1.54, 1.807) is 37.3 Å². The number of hydrogen-bond donors (Lipinski definition) is 0. The van der Waals surface area contributed by atoms with Crippen LogP contribution in [0.1, 0.15) is 26.3 Å². The first-order valence-corrected chi connectivity index (χ1v) is 12.8. The monoisotopic (exact) mass is 558 g/mol. The van der Waals surface area contributed by atoms with Gasteiger partial charge in [0.2, 0.25) is 5.78 Å². The van der Waals surface area contributed by atoms with E-state index in [0.717, 1.165) is 18.1 Å². The topological polar surface area (TPSA) is 96.0 Å². The van der Waals surface area contributed by atoms with E-state index in [0.29, 0.717) is 28.9 Å². The van der Waals surface area contributed by atoms with Crippen LogP contribution in [0, 0.1) is 11.7 Å². The molecule has 0 spiro atoms. The molecule has 0 bridgehead atoms. The lowest BCUT2D eigenvalue weighted by Crippen LogP contribution is -2.25. The molecule has 41 heavy (non-hydrogen) atoms. The number of benzene rings is 3. The van der Waals surface area contributed by atoms with Gasteiger partial charge in [-0.15, -0.1) is 0 Å². The number of hydrogen-bond acceptors (Lipinski definition) is 7. The zero-order valence-corrected chi connectivity index (χ0v) is 23.2. The van der Waals surface area contributed by atoms with E-state index >= 15 is 4.39 Å². The first-order chi connectivity index (χ1) is 19.4. The summed E-state index contributed by atoms with van der Waals surface area (Å²) in [6, 6.07) is 18.9. The number of rotatable bonds is 12. The summed E-state index contributed by atoms with van der Waals surface area (Å²) < 4.78 is 30.6. The summed E-state index contributed by atoms with van der Waals surface area (Å²) in [7, 11) is 0. The van der Waals surface area contributed by atoms with E-state index in [4.69, 9.17) is 14.2 Å². The lowest BCUT2D eigenvalue weighted by Gasteiger charge is -2.17. The highest BCUT2D eigenvalue weighted by Crippen LogP contribution is 2.30. The maximum atomic E-state index is 15.1. The summed E-state index contributed by atoms with van der Waals surface area (Å²) in [6.45, 7) is 11.2. The third kappa shape index (κ3) is 8.83. The van der Waals surface area contributed by atoms with Crippen molar-refractivity contribution in [3.8, 4) is 28.0 Å². The molecule has 1 atom stereocenters. The Bertz CT molecular complexity index is 1440. The van der Waals surface area contributed by atoms with Crippen LogP contribution in [0.15, 0.2) is 91.0 Å². The number of ether oxygens (including phenoxy) is 3. The number of esters is 3. The quantitative estimate of drug-likeness (QED) is 0.116. The average molecular weight is 559 g/mol. The summed E-state index contributed by atoms with van der Waals surface area (Å²) in [5, 5.41) is 0. The molecule has 0 aliphatic rings. The third-order valence-electron chi connectivity index (χ3n) is 6.04. The van der Waals surface area contributed by atoms with Crippen molar-refractivity contribution in [1.82, 2.24) is 0 Å². The number of ketones is 1. The van der Waals surface area contributed by atoms with Gasteiger partial charge in [-0.2, -0.15) is 0 Å². The minimum Gasteiger partial charge on any atom is -0.462 e. The lowest BCUT2D eigenvalue weighted by atomic mass is 9.96. The maximum Gasteiger partial charge on any atom is 0.374 e. The van der Waals surface area contributed by atoms with Gasteiger partial charge in [0.15, 0.2) is 0 Å². The van der Waals surface area contributed by atoms with Gasteiger partial charge >= 0.3 is 17.9 Å². The molecule has 3 aromatic carbocycles. The Morgan fingerprint density at radius 1 is 0.707 bits per heavy atom. The van der Waals surface area contributed by atoms with Crippen LogP contribution < -0.4 is 4.74 Å². The first-order valence-electron chi connectivity index (χ1n) is 12.8. The molecule has 0 radical (unpaired) electrons. The lowest BCUT2D eigenvalue weighted by molar-refractivity contribution is -0.155. The number of Topliss-reactive ketones (excluding diaryl/α,β-unsaturated/α-hetero) is 1. The van der Waals surface area contributed by atoms with Crippen LogP contribution in [0.25, 0.3) is 22.3 Å². The number of halogens is 1. The fraction of sp³-hybridized carbons (Fsp3) is 0.212. The van der Waals surface area contributed by atoms with Crippen molar-refractivity contribution >= 4 is 23.7 Å². The largest absolute Gasteiger partial charge is 0.462 e. The van der Waals surface area contributed by atoms with Gasteiger partial charge in [0.25, 0.3) is 0 Å². The van der Waals surface area contributed by atoms with Gasteiger partial charge in [0.1, 0.15) is 11.6 Å². The second-order valence-electron chi connectivity index (χ2n) is 9.69. The van der Waals surface area contributed by atoms with Crippen LogP contribution in [0.5, 0.6) is 5.75 Å². The third-order valence-corrected chi connectivity index (χ3v) is 6.04. The summed E-state index contributed by atoms with van der Waals surface area (Å²) in [5.74, 6) is -3.22. The zero-order chi connectivity index (χ0) is 30.1. The van der Waals surface area contributed by atoms with Crippen LogP contribution in [-0.4, -0.2) is 36.9 Å². The summed E-state index contributed by atoms with van der Waals surface area (Å²) in [4.78, 5) is 46.4. The molecular formula is C33H31FO7. The van der Waals surface area contributed by atoms with Crippen molar-refractivity contribution in [3.63, 3.8) is 0 Å². The van der Waals surface area contributed by atoms with E-state index in [9.17, 15) is 19.2 Å². The maximum absolute atomic E-state index is 15.1. The van der Waals surface area contributed by atoms with Gasteiger partial charge in [-0.1, -0.05) is 61.7 Å². The predicted molar refractivity (Wildman–Crippen MR) is 152 cm³/mol. The highest BCUT2D eigenvalue weighted by Gasteiger charge is 2.18. The molecule has 3 rings (SSSR count). The molecular weight excluding hydrogens is 527 g/mol. The number of carbonyl (C=O) groups excluding carboxylic acids is 4. The van der Waals surface area contributed by atoms with E-state index in [1.807, 2.05) is 30.3 Å². The van der Waals surface area contributed by atoms with Crippen LogP contribution in [0.4, 0.5) is 4.39 Å². The molecule has 3 aromatic rings. The van der Waals surface area contributed by atoms with Crippen molar-refractivity contribution in [3.05, 3.63) is 102 Å². The molecule has 0 amide bonds. The minimum absolute atomic E-state index is 0.0252. The van der Waals surface area contributed by atoms with Crippen molar-refractivity contribution in [2.24, 2.45) is 5.92 Å². The summed E-state index contributed by atoms with van der Waals surface area (Å²) in [6.07, 6.45) is 0.403. The van der Waals surface area contributed by atoms with E-state index in [2.05, 4.69) is 13.2 Å². The number of carbonyl (C=O) groups is 4. The molecule has 7 nitrogen and oxygen atoms in total. The molecule has 0 saturated heterocycles. The molecule has 0 aromatic heterocycles. The highest BCUT2D eigenvalue weighted by molar-refractivity contribution is 6.32. The fourth-order valence-electron chi connectivity index (χ4n) is 3.77. The second kappa shape index (κ2) is 14.0. The van der Waals surface area contributed by atoms with Gasteiger partial charge in [-0.25, -0.2) is 18.8 Å². The van der Waals surface area contributed by atoms with Crippen LogP contribution in [0.3, 0.4) is 0 Å². The molecule has 0 heterocycles. The fourth-order valence-corrected chi connectivity index (χ4v) is 3.77. The predicted octanol–water partition coefficient (Wildman–Crippen LogP) is 6.05. The van der Waals surface area contributed by atoms with Gasteiger partial charge in [-0.05, 0) is 60.7 Å². The minimum atomic E-state index is -0.954. The smallest absolute Gasteiger partial charge is 0.374 e. The highest BCUT2D eigenvalue weighted by atomic mass is 19.1. The van der Waals surface area contributed by atoms with Gasteiger partial charge in [-0.3, -0.25) is 4.79 Å². The molecule has 212 valence electrons. The average Bonchev–Trinajstić information content (AvgIpc) is 2.94.